The summed E-state index contributed by atoms with van der Waals surface area (Å²) >= 11 is 0. The summed E-state index contributed by atoms with van der Waals surface area (Å²) in [5.74, 6) is 0.877. The van der Waals surface area contributed by atoms with Gasteiger partial charge in [-0.15, -0.1) is 0 Å². The summed E-state index contributed by atoms with van der Waals surface area (Å²) in [7, 11) is 0. The van der Waals surface area contributed by atoms with Crippen LogP contribution >= 0.6 is 0 Å². The molecule has 0 radical (unpaired) electrons. The summed E-state index contributed by atoms with van der Waals surface area (Å²) in [5, 5.41) is 0. The molecule has 1 atom stereocenters. The third-order valence-electron chi connectivity index (χ3n) is 3.80. The first kappa shape index (κ1) is 16.7. The number of unbranched alkanes of at least 4 members (excludes halogenated alkanes) is 1. The second-order valence-electron chi connectivity index (χ2n) is 6.57. The van der Waals surface area contributed by atoms with Crippen molar-refractivity contribution in [2.75, 3.05) is 0 Å². The lowest BCUT2D eigenvalue weighted by molar-refractivity contribution is 0.247. The molecule has 0 aliphatic rings. The van der Waals surface area contributed by atoms with Crippen LogP contribution in [0.2, 0.25) is 0 Å². The Bertz CT molecular complexity index is 210. The first-order valence-electron chi connectivity index (χ1n) is 7.57. The van der Waals surface area contributed by atoms with Crippen molar-refractivity contribution < 1.29 is 0 Å². The fraction of sp³-hybridized carbons (Fsp3) is 0.882. The quantitative estimate of drug-likeness (QED) is 0.410. The van der Waals surface area contributed by atoms with E-state index >= 15 is 0 Å². The lowest BCUT2D eigenvalue weighted by Gasteiger charge is -2.27. The highest BCUT2D eigenvalue weighted by Gasteiger charge is 2.19. The Kier molecular flexibility index (Phi) is 8.64. The molecule has 0 amide bonds. The van der Waals surface area contributed by atoms with Crippen LogP contribution in [0.5, 0.6) is 0 Å². The summed E-state index contributed by atoms with van der Waals surface area (Å²) in [4.78, 5) is 0. The topological polar surface area (TPSA) is 0 Å². The summed E-state index contributed by atoms with van der Waals surface area (Å²) in [5.41, 5.74) is 2.12. The molecule has 1 unspecified atom stereocenters. The van der Waals surface area contributed by atoms with Gasteiger partial charge in [0.15, 0.2) is 0 Å². The lowest BCUT2D eigenvalue weighted by atomic mass is 9.78. The standard InChI is InChI=1S/C17H34/c1-7-9-11-16(4)12-10-13-17(5,6)14-15(3)8-2/h11,15H,7-10,12-14H2,1-6H3/b16-11-. The van der Waals surface area contributed by atoms with Gasteiger partial charge in [0.1, 0.15) is 0 Å². The molecule has 17 heavy (non-hydrogen) atoms. The maximum absolute atomic E-state index is 2.43. The van der Waals surface area contributed by atoms with E-state index in [9.17, 15) is 0 Å². The molecule has 0 aromatic rings. The molecule has 0 heteroatoms. The molecule has 102 valence electrons. The van der Waals surface area contributed by atoms with E-state index in [4.69, 9.17) is 0 Å². The smallest absolute Gasteiger partial charge is 0.0323 e. The van der Waals surface area contributed by atoms with Gasteiger partial charge in [0.25, 0.3) is 0 Å². The second-order valence-corrected chi connectivity index (χ2v) is 6.57. The third-order valence-corrected chi connectivity index (χ3v) is 3.80. The minimum atomic E-state index is 0.528. The predicted molar refractivity (Wildman–Crippen MR) is 80.4 cm³/mol. The molecule has 0 fully saturated rings. The lowest BCUT2D eigenvalue weighted by Crippen LogP contribution is -2.15. The molecule has 0 saturated carbocycles. The van der Waals surface area contributed by atoms with Crippen molar-refractivity contribution in [2.45, 2.75) is 86.5 Å². The van der Waals surface area contributed by atoms with Gasteiger partial charge < -0.3 is 0 Å². The Morgan fingerprint density at radius 2 is 1.88 bits per heavy atom. The predicted octanol–water partition coefficient (Wildman–Crippen LogP) is 6.37. The van der Waals surface area contributed by atoms with E-state index in [0.29, 0.717) is 5.41 Å². The van der Waals surface area contributed by atoms with Gasteiger partial charge in [-0.05, 0) is 50.4 Å². The zero-order chi connectivity index (χ0) is 13.3. The average molecular weight is 238 g/mol. The Balaban J connectivity index is 3.86. The van der Waals surface area contributed by atoms with Crippen LogP contribution in [0, 0.1) is 11.3 Å². The monoisotopic (exact) mass is 238 g/mol. The maximum atomic E-state index is 2.43. The van der Waals surface area contributed by atoms with Gasteiger partial charge in [0, 0.05) is 0 Å². The summed E-state index contributed by atoms with van der Waals surface area (Å²) in [6, 6.07) is 0. The fourth-order valence-electron chi connectivity index (χ4n) is 2.53. The normalized spacial score (nSPS) is 15.1. The van der Waals surface area contributed by atoms with Gasteiger partial charge in [-0.25, -0.2) is 0 Å². The SMILES string of the molecule is CCC/C=C(/C)CCCC(C)(C)CC(C)CC. The molecule has 0 N–H and O–H groups in total. The van der Waals surface area contributed by atoms with Crippen LogP contribution in [-0.2, 0) is 0 Å². The molecule has 0 aromatic heterocycles. The van der Waals surface area contributed by atoms with Crippen LogP contribution in [0.3, 0.4) is 0 Å². The average Bonchev–Trinajstić information content (AvgIpc) is 2.25. The molecule has 0 aromatic carbocycles. The molecular weight excluding hydrogens is 204 g/mol. The highest BCUT2D eigenvalue weighted by molar-refractivity contribution is 4.97. The molecule has 0 heterocycles. The van der Waals surface area contributed by atoms with Crippen molar-refractivity contribution in [3.63, 3.8) is 0 Å². The van der Waals surface area contributed by atoms with Crippen molar-refractivity contribution in [3.05, 3.63) is 11.6 Å². The van der Waals surface area contributed by atoms with Crippen molar-refractivity contribution in [3.8, 4) is 0 Å². The Hall–Kier alpha value is -0.260. The van der Waals surface area contributed by atoms with Crippen LogP contribution in [0.15, 0.2) is 11.6 Å². The molecule has 0 nitrogen and oxygen atoms in total. The molecule has 0 aliphatic carbocycles. The molecule has 0 saturated heterocycles. The minimum absolute atomic E-state index is 0.528. The Morgan fingerprint density at radius 3 is 2.41 bits per heavy atom. The van der Waals surface area contributed by atoms with Crippen molar-refractivity contribution in [1.82, 2.24) is 0 Å². The van der Waals surface area contributed by atoms with Crippen molar-refractivity contribution in [1.29, 1.82) is 0 Å². The van der Waals surface area contributed by atoms with E-state index in [0.717, 1.165) is 5.92 Å². The van der Waals surface area contributed by atoms with Gasteiger partial charge in [0.05, 0.1) is 0 Å². The second kappa shape index (κ2) is 8.78. The maximum Gasteiger partial charge on any atom is -0.0323 e. The van der Waals surface area contributed by atoms with E-state index in [2.05, 4.69) is 47.6 Å². The van der Waals surface area contributed by atoms with Crippen LogP contribution in [-0.4, -0.2) is 0 Å². The zero-order valence-electron chi connectivity index (χ0n) is 13.1. The van der Waals surface area contributed by atoms with Gasteiger partial charge in [0.2, 0.25) is 0 Å². The molecular formula is C17H34. The van der Waals surface area contributed by atoms with E-state index < -0.39 is 0 Å². The highest BCUT2D eigenvalue weighted by Crippen LogP contribution is 2.32. The van der Waals surface area contributed by atoms with E-state index in [-0.39, 0.29) is 0 Å². The fourth-order valence-corrected chi connectivity index (χ4v) is 2.53. The molecule has 0 spiro atoms. The largest absolute Gasteiger partial charge is 0.0856 e. The summed E-state index contributed by atoms with van der Waals surface area (Å²) in [6.07, 6.45) is 11.7. The zero-order valence-corrected chi connectivity index (χ0v) is 13.1. The number of hydrogen-bond acceptors (Lipinski definition) is 0. The van der Waals surface area contributed by atoms with Crippen LogP contribution in [0.25, 0.3) is 0 Å². The van der Waals surface area contributed by atoms with Gasteiger partial charge in [-0.3, -0.25) is 0 Å². The first-order chi connectivity index (χ1) is 7.91. The molecule has 0 bridgehead atoms. The van der Waals surface area contributed by atoms with Crippen molar-refractivity contribution >= 4 is 0 Å². The van der Waals surface area contributed by atoms with Gasteiger partial charge >= 0.3 is 0 Å². The summed E-state index contributed by atoms with van der Waals surface area (Å²) in [6.45, 7) is 14.1. The third kappa shape index (κ3) is 9.44. The first-order valence-corrected chi connectivity index (χ1v) is 7.57. The number of hydrogen-bond donors (Lipinski definition) is 0. The highest BCUT2D eigenvalue weighted by atomic mass is 14.2. The Labute approximate surface area is 110 Å². The van der Waals surface area contributed by atoms with Gasteiger partial charge in [-0.1, -0.05) is 59.1 Å². The van der Waals surface area contributed by atoms with E-state index in [1.807, 2.05) is 0 Å². The van der Waals surface area contributed by atoms with Crippen LogP contribution in [0.4, 0.5) is 0 Å². The van der Waals surface area contributed by atoms with Crippen LogP contribution < -0.4 is 0 Å². The minimum Gasteiger partial charge on any atom is -0.0856 e. The van der Waals surface area contributed by atoms with Crippen molar-refractivity contribution in [2.24, 2.45) is 11.3 Å². The van der Waals surface area contributed by atoms with E-state index in [1.165, 1.54) is 44.9 Å². The van der Waals surface area contributed by atoms with Gasteiger partial charge in [-0.2, -0.15) is 0 Å². The Morgan fingerprint density at radius 1 is 1.24 bits per heavy atom. The van der Waals surface area contributed by atoms with E-state index in [1.54, 1.807) is 5.57 Å². The number of allylic oxidation sites excluding steroid dienone is 2. The summed E-state index contributed by atoms with van der Waals surface area (Å²) < 4.78 is 0. The number of rotatable bonds is 9. The molecule has 0 rings (SSSR count). The molecule has 0 aliphatic heterocycles. The van der Waals surface area contributed by atoms with Crippen LogP contribution in [0.1, 0.15) is 86.5 Å².